The molecule has 0 unspecified atom stereocenters. The van der Waals surface area contributed by atoms with Gasteiger partial charge >= 0.3 is 12.0 Å². The highest BCUT2D eigenvalue weighted by molar-refractivity contribution is 6.04. The second kappa shape index (κ2) is 9.32. The van der Waals surface area contributed by atoms with E-state index >= 15 is 0 Å². The molecule has 0 aliphatic rings. The lowest BCUT2D eigenvalue weighted by Gasteiger charge is -2.22. The minimum Gasteiger partial charge on any atom is -0.494 e. The Bertz CT molecular complexity index is 686. The summed E-state index contributed by atoms with van der Waals surface area (Å²) in [5.74, 6) is 0.227. The van der Waals surface area contributed by atoms with Gasteiger partial charge < -0.3 is 14.8 Å². The molecule has 1 N–H and O–H groups in total. The van der Waals surface area contributed by atoms with Crippen LogP contribution in [0.4, 0.5) is 16.2 Å². The molecule has 0 spiro atoms. The maximum absolute atomic E-state index is 12.6. The molecule has 0 atom stereocenters. The number of anilines is 2. The summed E-state index contributed by atoms with van der Waals surface area (Å²) in [4.78, 5) is 25.9. The van der Waals surface area contributed by atoms with E-state index in [1.165, 1.54) is 4.90 Å². The Morgan fingerprint density at radius 3 is 2.24 bits per heavy atom. The van der Waals surface area contributed by atoms with Gasteiger partial charge in [0.25, 0.3) is 0 Å². The number of hydrogen-bond acceptors (Lipinski definition) is 4. The average Bonchev–Trinajstić information content (AvgIpc) is 2.62. The standard InChI is InChI=1S/C19H22N2O4/c1-3-24-17-12-10-16(11-13-17)21(14-18(22)25-4-2)19(23)20-15-8-6-5-7-9-15/h5-13H,3-4,14H2,1-2H3,(H,20,23). The highest BCUT2D eigenvalue weighted by Gasteiger charge is 2.20. The van der Waals surface area contributed by atoms with E-state index < -0.39 is 12.0 Å². The average molecular weight is 342 g/mol. The number of nitrogens with zero attached hydrogens (tertiary/aromatic N) is 1. The van der Waals surface area contributed by atoms with Crippen molar-refractivity contribution in [3.05, 3.63) is 54.6 Å². The third-order valence-corrected chi connectivity index (χ3v) is 3.32. The molecule has 0 fully saturated rings. The Balaban J connectivity index is 2.19. The fourth-order valence-electron chi connectivity index (χ4n) is 2.22. The summed E-state index contributed by atoms with van der Waals surface area (Å²) < 4.78 is 10.4. The Morgan fingerprint density at radius 1 is 0.960 bits per heavy atom. The van der Waals surface area contributed by atoms with Crippen LogP contribution in [0.25, 0.3) is 0 Å². The van der Waals surface area contributed by atoms with Crippen LogP contribution < -0.4 is 15.0 Å². The maximum atomic E-state index is 12.6. The molecule has 0 saturated heterocycles. The summed E-state index contributed by atoms with van der Waals surface area (Å²) in [6.07, 6.45) is 0. The van der Waals surface area contributed by atoms with Crippen molar-refractivity contribution in [1.82, 2.24) is 0 Å². The van der Waals surface area contributed by atoms with Crippen LogP contribution in [0.2, 0.25) is 0 Å². The van der Waals surface area contributed by atoms with Gasteiger partial charge in [0.15, 0.2) is 0 Å². The van der Waals surface area contributed by atoms with Crippen molar-refractivity contribution in [2.75, 3.05) is 30.0 Å². The number of hydrogen-bond donors (Lipinski definition) is 1. The third-order valence-electron chi connectivity index (χ3n) is 3.32. The summed E-state index contributed by atoms with van der Waals surface area (Å²) in [5, 5.41) is 2.78. The number of amides is 2. The first-order valence-electron chi connectivity index (χ1n) is 8.16. The van der Waals surface area contributed by atoms with E-state index in [2.05, 4.69) is 5.32 Å². The monoisotopic (exact) mass is 342 g/mol. The zero-order chi connectivity index (χ0) is 18.1. The molecule has 0 aliphatic carbocycles. The number of urea groups is 1. The number of rotatable bonds is 7. The highest BCUT2D eigenvalue weighted by Crippen LogP contribution is 2.21. The highest BCUT2D eigenvalue weighted by atomic mass is 16.5. The molecule has 2 aromatic carbocycles. The Morgan fingerprint density at radius 2 is 1.64 bits per heavy atom. The SMILES string of the molecule is CCOC(=O)CN(C(=O)Nc1ccccc1)c1ccc(OCC)cc1. The van der Waals surface area contributed by atoms with Crippen molar-refractivity contribution in [2.45, 2.75) is 13.8 Å². The molecule has 6 heteroatoms. The number of ether oxygens (including phenoxy) is 2. The van der Waals surface area contributed by atoms with Crippen LogP contribution in [-0.2, 0) is 9.53 Å². The van der Waals surface area contributed by atoms with Gasteiger partial charge in [-0.2, -0.15) is 0 Å². The van der Waals surface area contributed by atoms with Gasteiger partial charge in [0.1, 0.15) is 12.3 Å². The van der Waals surface area contributed by atoms with Crippen molar-refractivity contribution in [3.63, 3.8) is 0 Å². The second-order valence-electron chi connectivity index (χ2n) is 5.11. The van der Waals surface area contributed by atoms with Crippen molar-refractivity contribution in [1.29, 1.82) is 0 Å². The summed E-state index contributed by atoms with van der Waals surface area (Å²) in [5.41, 5.74) is 1.22. The van der Waals surface area contributed by atoms with Gasteiger partial charge in [-0.1, -0.05) is 18.2 Å². The first kappa shape index (κ1) is 18.3. The van der Waals surface area contributed by atoms with E-state index in [1.54, 1.807) is 43.3 Å². The van der Waals surface area contributed by atoms with Crippen LogP contribution in [-0.4, -0.2) is 31.8 Å². The lowest BCUT2D eigenvalue weighted by atomic mass is 10.2. The molecular formula is C19H22N2O4. The van der Waals surface area contributed by atoms with E-state index in [1.807, 2.05) is 25.1 Å². The van der Waals surface area contributed by atoms with Crippen LogP contribution in [0.3, 0.4) is 0 Å². The summed E-state index contributed by atoms with van der Waals surface area (Å²) in [6.45, 7) is 4.26. The molecule has 0 radical (unpaired) electrons. The van der Waals surface area contributed by atoms with Crippen LogP contribution >= 0.6 is 0 Å². The Hall–Kier alpha value is -3.02. The number of carbonyl (C=O) groups excluding carboxylic acids is 2. The normalized spacial score (nSPS) is 10.0. The van der Waals surface area contributed by atoms with Crippen molar-refractivity contribution < 1.29 is 19.1 Å². The topological polar surface area (TPSA) is 67.9 Å². The predicted molar refractivity (Wildman–Crippen MR) is 97.1 cm³/mol. The van der Waals surface area contributed by atoms with Crippen LogP contribution in [0.5, 0.6) is 5.75 Å². The minimum atomic E-state index is -0.473. The fraction of sp³-hybridized carbons (Fsp3) is 0.263. The third kappa shape index (κ3) is 5.53. The quantitative estimate of drug-likeness (QED) is 0.779. The van der Waals surface area contributed by atoms with E-state index in [0.717, 1.165) is 0 Å². The van der Waals surface area contributed by atoms with Crippen LogP contribution in [0.15, 0.2) is 54.6 Å². The largest absolute Gasteiger partial charge is 0.494 e. The van der Waals surface area contributed by atoms with E-state index in [9.17, 15) is 9.59 Å². The molecular weight excluding hydrogens is 320 g/mol. The van der Waals surface area contributed by atoms with Crippen LogP contribution in [0.1, 0.15) is 13.8 Å². The molecule has 0 bridgehead atoms. The summed E-state index contributed by atoms with van der Waals surface area (Å²) in [7, 11) is 0. The minimum absolute atomic E-state index is 0.180. The molecule has 6 nitrogen and oxygen atoms in total. The van der Waals surface area contributed by atoms with E-state index in [-0.39, 0.29) is 13.2 Å². The molecule has 2 amide bonds. The lowest BCUT2D eigenvalue weighted by Crippen LogP contribution is -2.39. The number of esters is 1. The molecule has 0 aromatic heterocycles. The van der Waals surface area contributed by atoms with Gasteiger partial charge in [-0.25, -0.2) is 4.79 Å². The smallest absolute Gasteiger partial charge is 0.326 e. The Labute approximate surface area is 147 Å². The number of para-hydroxylation sites is 1. The van der Waals surface area contributed by atoms with E-state index in [4.69, 9.17) is 9.47 Å². The molecule has 2 aromatic rings. The first-order valence-corrected chi connectivity index (χ1v) is 8.16. The molecule has 2 rings (SSSR count). The summed E-state index contributed by atoms with van der Waals surface area (Å²) >= 11 is 0. The first-order chi connectivity index (χ1) is 12.1. The van der Waals surface area contributed by atoms with Crippen molar-refractivity contribution in [2.24, 2.45) is 0 Å². The van der Waals surface area contributed by atoms with E-state index in [0.29, 0.717) is 23.7 Å². The molecule has 132 valence electrons. The summed E-state index contributed by atoms with van der Waals surface area (Å²) in [6, 6.07) is 15.6. The molecule has 25 heavy (non-hydrogen) atoms. The van der Waals surface area contributed by atoms with Gasteiger partial charge in [-0.3, -0.25) is 9.69 Å². The second-order valence-corrected chi connectivity index (χ2v) is 5.11. The van der Waals surface area contributed by atoms with Gasteiger partial charge in [0.2, 0.25) is 0 Å². The number of benzene rings is 2. The predicted octanol–water partition coefficient (Wildman–Crippen LogP) is 3.69. The van der Waals surface area contributed by atoms with Gasteiger partial charge in [-0.05, 0) is 50.2 Å². The molecule has 0 aliphatic heterocycles. The van der Waals surface area contributed by atoms with Crippen molar-refractivity contribution in [3.8, 4) is 5.75 Å². The van der Waals surface area contributed by atoms with Gasteiger partial charge in [0, 0.05) is 11.4 Å². The Kier molecular flexibility index (Phi) is 6.83. The molecule has 0 heterocycles. The molecule has 0 saturated carbocycles. The van der Waals surface area contributed by atoms with Crippen molar-refractivity contribution >= 4 is 23.4 Å². The lowest BCUT2D eigenvalue weighted by molar-refractivity contribution is -0.141. The van der Waals surface area contributed by atoms with Crippen LogP contribution in [0, 0.1) is 0 Å². The van der Waals surface area contributed by atoms with Gasteiger partial charge in [0.05, 0.1) is 13.2 Å². The maximum Gasteiger partial charge on any atom is 0.326 e. The zero-order valence-corrected chi connectivity index (χ0v) is 14.4. The fourth-order valence-corrected chi connectivity index (χ4v) is 2.22. The van der Waals surface area contributed by atoms with Gasteiger partial charge in [-0.15, -0.1) is 0 Å². The zero-order valence-electron chi connectivity index (χ0n) is 14.4. The number of nitrogens with one attached hydrogen (secondary N) is 1. The number of carbonyl (C=O) groups is 2.